The van der Waals surface area contributed by atoms with Crippen LogP contribution in [0.2, 0.25) is 0 Å². The third-order valence-electron chi connectivity index (χ3n) is 1.74. The normalized spacial score (nSPS) is 10.6. The molecular weight excluding hydrogens is 186 g/mol. The summed E-state index contributed by atoms with van der Waals surface area (Å²) < 4.78 is 1.63. The van der Waals surface area contributed by atoms with E-state index in [-0.39, 0.29) is 5.56 Å². The summed E-state index contributed by atoms with van der Waals surface area (Å²) in [7, 11) is 1.78. The zero-order chi connectivity index (χ0) is 9.42. The van der Waals surface area contributed by atoms with E-state index in [0.29, 0.717) is 5.56 Å². The molecule has 0 spiro atoms. The first-order valence-corrected chi connectivity index (χ1v) is 4.73. The highest BCUT2D eigenvalue weighted by atomic mass is 32.1. The second kappa shape index (κ2) is 2.85. The molecule has 0 amide bonds. The second-order valence-corrected chi connectivity index (χ2v) is 3.91. The number of hydrogen-bond donors (Lipinski definition) is 1. The van der Waals surface area contributed by atoms with Crippen LogP contribution in [-0.4, -0.2) is 14.8 Å². The standard InChI is InChI=1S/C8H9N3OS/c1-5-9-7(4-13-5)6-3-11(2)10-8(6)12/h3-4H,1-2H3,(H,10,12). The molecule has 2 heterocycles. The van der Waals surface area contributed by atoms with Crippen molar-refractivity contribution < 1.29 is 0 Å². The summed E-state index contributed by atoms with van der Waals surface area (Å²) >= 11 is 1.54. The molecule has 13 heavy (non-hydrogen) atoms. The molecule has 0 aliphatic carbocycles. The first kappa shape index (κ1) is 8.25. The minimum absolute atomic E-state index is 0.0900. The monoisotopic (exact) mass is 195 g/mol. The highest BCUT2D eigenvalue weighted by molar-refractivity contribution is 7.09. The van der Waals surface area contributed by atoms with E-state index in [2.05, 4.69) is 10.1 Å². The maximum atomic E-state index is 11.3. The third-order valence-corrected chi connectivity index (χ3v) is 2.51. The fraction of sp³-hybridized carbons (Fsp3) is 0.250. The lowest BCUT2D eigenvalue weighted by atomic mass is 10.3. The first-order valence-electron chi connectivity index (χ1n) is 3.85. The van der Waals surface area contributed by atoms with Crippen LogP contribution in [0.5, 0.6) is 0 Å². The molecule has 0 aliphatic heterocycles. The van der Waals surface area contributed by atoms with Crippen molar-refractivity contribution in [3.63, 3.8) is 0 Å². The molecule has 0 fully saturated rings. The van der Waals surface area contributed by atoms with E-state index in [1.54, 1.807) is 29.3 Å². The van der Waals surface area contributed by atoms with Crippen molar-refractivity contribution in [1.82, 2.24) is 14.8 Å². The van der Waals surface area contributed by atoms with E-state index in [9.17, 15) is 4.79 Å². The fourth-order valence-electron chi connectivity index (χ4n) is 1.17. The van der Waals surface area contributed by atoms with Crippen molar-refractivity contribution in [2.24, 2.45) is 7.05 Å². The Labute approximate surface area is 78.8 Å². The zero-order valence-electron chi connectivity index (χ0n) is 7.37. The van der Waals surface area contributed by atoms with Gasteiger partial charge < -0.3 is 0 Å². The van der Waals surface area contributed by atoms with Crippen molar-refractivity contribution in [2.45, 2.75) is 6.92 Å². The van der Waals surface area contributed by atoms with Gasteiger partial charge in [0.05, 0.1) is 16.3 Å². The molecule has 68 valence electrons. The highest BCUT2D eigenvalue weighted by Gasteiger charge is 2.07. The topological polar surface area (TPSA) is 50.7 Å². The predicted octanol–water partition coefficient (Wildman–Crippen LogP) is 1.15. The lowest BCUT2D eigenvalue weighted by Crippen LogP contribution is -2.03. The van der Waals surface area contributed by atoms with Crippen LogP contribution in [0.3, 0.4) is 0 Å². The summed E-state index contributed by atoms with van der Waals surface area (Å²) in [4.78, 5) is 15.6. The van der Waals surface area contributed by atoms with Gasteiger partial charge in [0.25, 0.3) is 5.56 Å². The Morgan fingerprint density at radius 3 is 2.85 bits per heavy atom. The lowest BCUT2D eigenvalue weighted by Gasteiger charge is -1.85. The van der Waals surface area contributed by atoms with Gasteiger partial charge in [0.2, 0.25) is 0 Å². The Bertz CT molecular complexity index is 480. The van der Waals surface area contributed by atoms with Crippen LogP contribution in [0.25, 0.3) is 11.3 Å². The number of H-pyrrole nitrogens is 1. The molecule has 2 aromatic heterocycles. The summed E-state index contributed by atoms with van der Waals surface area (Å²) in [6, 6.07) is 0. The highest BCUT2D eigenvalue weighted by Crippen LogP contribution is 2.17. The van der Waals surface area contributed by atoms with Gasteiger partial charge in [-0.1, -0.05) is 0 Å². The SMILES string of the molecule is Cc1nc(-c2cn(C)[nH]c2=O)cs1. The fourth-order valence-corrected chi connectivity index (χ4v) is 1.79. The van der Waals surface area contributed by atoms with E-state index >= 15 is 0 Å². The molecule has 0 aliphatic rings. The van der Waals surface area contributed by atoms with Gasteiger partial charge in [-0.15, -0.1) is 11.3 Å². The molecule has 2 rings (SSSR count). The molecule has 1 N–H and O–H groups in total. The minimum atomic E-state index is -0.0900. The molecule has 0 atom stereocenters. The number of aryl methyl sites for hydroxylation is 2. The number of nitrogens with one attached hydrogen (secondary N) is 1. The van der Waals surface area contributed by atoms with Crippen LogP contribution < -0.4 is 5.56 Å². The Morgan fingerprint density at radius 1 is 1.62 bits per heavy atom. The largest absolute Gasteiger partial charge is 0.295 e. The maximum absolute atomic E-state index is 11.3. The quantitative estimate of drug-likeness (QED) is 0.742. The van der Waals surface area contributed by atoms with Crippen molar-refractivity contribution in [3.05, 3.63) is 26.9 Å². The Morgan fingerprint density at radius 2 is 2.38 bits per heavy atom. The first-order chi connectivity index (χ1) is 6.16. The van der Waals surface area contributed by atoms with Gasteiger partial charge in [0, 0.05) is 18.6 Å². The molecule has 4 nitrogen and oxygen atoms in total. The predicted molar refractivity (Wildman–Crippen MR) is 51.9 cm³/mol. The molecule has 5 heteroatoms. The molecule has 0 saturated heterocycles. The van der Waals surface area contributed by atoms with Crippen molar-refractivity contribution >= 4 is 11.3 Å². The van der Waals surface area contributed by atoms with Gasteiger partial charge in [0.1, 0.15) is 0 Å². The number of rotatable bonds is 1. The summed E-state index contributed by atoms with van der Waals surface area (Å²) in [6.45, 7) is 1.92. The average molecular weight is 195 g/mol. The zero-order valence-corrected chi connectivity index (χ0v) is 8.18. The van der Waals surface area contributed by atoms with Gasteiger partial charge in [-0.25, -0.2) is 4.98 Å². The number of aromatic amines is 1. The Kier molecular flexibility index (Phi) is 1.81. The Hall–Kier alpha value is -1.36. The molecule has 0 aromatic carbocycles. The van der Waals surface area contributed by atoms with Crippen LogP contribution >= 0.6 is 11.3 Å². The van der Waals surface area contributed by atoms with E-state index < -0.39 is 0 Å². The van der Waals surface area contributed by atoms with E-state index in [1.165, 1.54) is 0 Å². The summed E-state index contributed by atoms with van der Waals surface area (Å²) in [6.07, 6.45) is 1.75. The molecule has 0 saturated carbocycles. The van der Waals surface area contributed by atoms with Gasteiger partial charge >= 0.3 is 0 Å². The summed E-state index contributed by atoms with van der Waals surface area (Å²) in [5.74, 6) is 0. The number of thiazole rings is 1. The number of hydrogen-bond acceptors (Lipinski definition) is 3. The van der Waals surface area contributed by atoms with Crippen LogP contribution in [-0.2, 0) is 7.05 Å². The third kappa shape index (κ3) is 1.42. The van der Waals surface area contributed by atoms with Crippen molar-refractivity contribution in [2.75, 3.05) is 0 Å². The van der Waals surface area contributed by atoms with Crippen LogP contribution in [0, 0.1) is 6.92 Å². The summed E-state index contributed by atoms with van der Waals surface area (Å²) in [5, 5.41) is 5.50. The lowest BCUT2D eigenvalue weighted by molar-refractivity contribution is 0.756. The van der Waals surface area contributed by atoms with E-state index in [4.69, 9.17) is 0 Å². The van der Waals surface area contributed by atoms with E-state index in [1.807, 2.05) is 12.3 Å². The van der Waals surface area contributed by atoms with Crippen LogP contribution in [0.4, 0.5) is 0 Å². The maximum Gasteiger partial charge on any atom is 0.273 e. The van der Waals surface area contributed by atoms with E-state index in [0.717, 1.165) is 10.7 Å². The molecule has 0 unspecified atom stereocenters. The van der Waals surface area contributed by atoms with Crippen LogP contribution in [0.1, 0.15) is 5.01 Å². The molecular formula is C8H9N3OS. The van der Waals surface area contributed by atoms with Gasteiger partial charge in [-0.2, -0.15) is 0 Å². The van der Waals surface area contributed by atoms with Crippen LogP contribution in [0.15, 0.2) is 16.4 Å². The molecule has 0 radical (unpaired) electrons. The average Bonchev–Trinajstić information content (AvgIpc) is 2.58. The summed E-state index contributed by atoms with van der Waals surface area (Å²) in [5.41, 5.74) is 1.30. The Balaban J connectivity index is 2.58. The van der Waals surface area contributed by atoms with Crippen molar-refractivity contribution in [3.8, 4) is 11.3 Å². The van der Waals surface area contributed by atoms with Gasteiger partial charge in [-0.05, 0) is 6.92 Å². The van der Waals surface area contributed by atoms with Gasteiger partial charge in [0.15, 0.2) is 0 Å². The molecule has 2 aromatic rings. The second-order valence-electron chi connectivity index (χ2n) is 2.85. The number of aromatic nitrogens is 3. The van der Waals surface area contributed by atoms with Crippen molar-refractivity contribution in [1.29, 1.82) is 0 Å². The smallest absolute Gasteiger partial charge is 0.273 e. The minimum Gasteiger partial charge on any atom is -0.295 e. The number of nitrogens with zero attached hydrogens (tertiary/aromatic N) is 2. The van der Waals surface area contributed by atoms with Gasteiger partial charge in [-0.3, -0.25) is 14.6 Å². The molecule has 0 bridgehead atoms.